The lowest BCUT2D eigenvalue weighted by Gasteiger charge is -2.24. The molecule has 0 fully saturated rings. The minimum absolute atomic E-state index is 0.152. The van der Waals surface area contributed by atoms with Gasteiger partial charge in [-0.3, -0.25) is 14.2 Å². The molecule has 1 N–H and O–H groups in total. The molecule has 0 radical (unpaired) electrons. The molecule has 2 atom stereocenters. The average Bonchev–Trinajstić information content (AvgIpc) is 3.15. The topological polar surface area (TPSA) is 73.2 Å². The predicted octanol–water partition coefficient (Wildman–Crippen LogP) is 5.81. The van der Waals surface area contributed by atoms with Gasteiger partial charge in [0.05, 0.1) is 22.3 Å². The SMILES string of the molecule is CCc1nc(-c2ccc(C(F)(F)F)cc2Cl)n(CC)c(=O)c1N[C@@H]1c2ccccc2C[C@@H]1OC(C)=O. The van der Waals surface area contributed by atoms with Crippen LogP contribution in [0.4, 0.5) is 18.9 Å². The van der Waals surface area contributed by atoms with E-state index in [4.69, 9.17) is 16.3 Å². The minimum atomic E-state index is -4.54. The lowest BCUT2D eigenvalue weighted by atomic mass is 10.1. The Labute approximate surface area is 211 Å². The minimum Gasteiger partial charge on any atom is -0.460 e. The second-order valence-electron chi connectivity index (χ2n) is 8.53. The fourth-order valence-electron chi connectivity index (χ4n) is 4.58. The summed E-state index contributed by atoms with van der Waals surface area (Å²) < 4.78 is 46.3. The van der Waals surface area contributed by atoms with Crippen LogP contribution in [0.1, 0.15) is 49.2 Å². The summed E-state index contributed by atoms with van der Waals surface area (Å²) >= 11 is 6.23. The second-order valence-corrected chi connectivity index (χ2v) is 8.93. The van der Waals surface area contributed by atoms with Gasteiger partial charge in [0.1, 0.15) is 17.6 Å². The van der Waals surface area contributed by atoms with Crippen LogP contribution in [-0.4, -0.2) is 21.6 Å². The number of carbonyl (C=O) groups is 1. The molecule has 0 spiro atoms. The van der Waals surface area contributed by atoms with E-state index in [1.54, 1.807) is 6.92 Å². The first-order valence-electron chi connectivity index (χ1n) is 11.6. The van der Waals surface area contributed by atoms with Gasteiger partial charge in [-0.2, -0.15) is 13.2 Å². The quantitative estimate of drug-likeness (QED) is 0.416. The molecule has 6 nitrogen and oxygen atoms in total. The number of fused-ring (bicyclic) bond motifs is 1. The highest BCUT2D eigenvalue weighted by Crippen LogP contribution is 2.38. The second kappa shape index (κ2) is 9.97. The molecule has 0 saturated carbocycles. The highest BCUT2D eigenvalue weighted by atomic mass is 35.5. The lowest BCUT2D eigenvalue weighted by molar-refractivity contribution is -0.146. The monoisotopic (exact) mass is 519 g/mol. The van der Waals surface area contributed by atoms with E-state index in [2.05, 4.69) is 10.3 Å². The molecule has 0 aliphatic heterocycles. The Balaban J connectivity index is 1.81. The standard InChI is InChI=1S/C26H25ClF3N3O3/c1-4-20-23(32-22-17-9-7-6-8-15(17)12-21(22)36-14(3)34)25(35)33(5-2)24(31-20)18-11-10-16(13-19(18)27)26(28,29)30/h6-11,13,21-22,32H,4-5,12H2,1-3H3/t21-,22+/m0/s1. The van der Waals surface area contributed by atoms with Gasteiger partial charge < -0.3 is 10.1 Å². The zero-order chi connectivity index (χ0) is 26.2. The molecule has 0 bridgehead atoms. The van der Waals surface area contributed by atoms with Crippen molar-refractivity contribution in [3.8, 4) is 11.4 Å². The molecule has 0 unspecified atom stereocenters. The Morgan fingerprint density at radius 2 is 1.94 bits per heavy atom. The van der Waals surface area contributed by atoms with Gasteiger partial charge in [0.2, 0.25) is 0 Å². The molecule has 190 valence electrons. The summed E-state index contributed by atoms with van der Waals surface area (Å²) in [5, 5.41) is 3.13. The molecule has 0 saturated heterocycles. The first-order valence-corrected chi connectivity index (χ1v) is 11.9. The Hall–Kier alpha value is -3.33. The van der Waals surface area contributed by atoms with Crippen molar-refractivity contribution in [1.82, 2.24) is 9.55 Å². The van der Waals surface area contributed by atoms with Gasteiger partial charge in [-0.05, 0) is 42.7 Å². The van der Waals surface area contributed by atoms with E-state index < -0.39 is 29.9 Å². The van der Waals surface area contributed by atoms with Crippen molar-refractivity contribution in [2.24, 2.45) is 0 Å². The molecule has 2 aromatic carbocycles. The highest BCUT2D eigenvalue weighted by molar-refractivity contribution is 6.33. The Bertz CT molecular complexity index is 1370. The Morgan fingerprint density at radius 3 is 2.56 bits per heavy atom. The maximum absolute atomic E-state index is 13.7. The predicted molar refractivity (Wildman–Crippen MR) is 131 cm³/mol. The van der Waals surface area contributed by atoms with Crippen LogP contribution < -0.4 is 10.9 Å². The fourth-order valence-corrected chi connectivity index (χ4v) is 4.84. The summed E-state index contributed by atoms with van der Waals surface area (Å²) in [6.45, 7) is 5.12. The van der Waals surface area contributed by atoms with Crippen LogP contribution in [0.5, 0.6) is 0 Å². The number of aromatic nitrogens is 2. The maximum atomic E-state index is 13.7. The van der Waals surface area contributed by atoms with Gasteiger partial charge >= 0.3 is 12.1 Å². The summed E-state index contributed by atoms with van der Waals surface area (Å²) in [6, 6.07) is 10.2. The molecule has 1 aliphatic rings. The number of esters is 1. The van der Waals surface area contributed by atoms with Crippen LogP contribution in [-0.2, 0) is 35.1 Å². The number of ether oxygens (including phenoxy) is 1. The Morgan fingerprint density at radius 1 is 1.22 bits per heavy atom. The zero-order valence-corrected chi connectivity index (χ0v) is 20.7. The Kier molecular flexibility index (Phi) is 7.13. The van der Waals surface area contributed by atoms with Crippen LogP contribution in [0.15, 0.2) is 47.3 Å². The van der Waals surface area contributed by atoms with E-state index in [-0.39, 0.29) is 34.2 Å². The van der Waals surface area contributed by atoms with E-state index in [9.17, 15) is 22.8 Å². The van der Waals surface area contributed by atoms with Gasteiger partial charge in [0.15, 0.2) is 0 Å². The molecule has 1 aromatic heterocycles. The molecule has 1 aliphatic carbocycles. The number of nitrogens with one attached hydrogen (secondary N) is 1. The number of carbonyl (C=O) groups excluding carboxylic acids is 1. The number of rotatable bonds is 6. The average molecular weight is 520 g/mol. The molecule has 3 aromatic rings. The molecular weight excluding hydrogens is 495 g/mol. The van der Waals surface area contributed by atoms with E-state index in [0.717, 1.165) is 23.3 Å². The van der Waals surface area contributed by atoms with Crippen LogP contribution in [0, 0.1) is 0 Å². The van der Waals surface area contributed by atoms with E-state index in [1.165, 1.54) is 17.6 Å². The third kappa shape index (κ3) is 4.84. The number of nitrogens with zero attached hydrogens (tertiary/aromatic N) is 2. The molecule has 4 rings (SSSR count). The fraction of sp³-hybridized carbons (Fsp3) is 0.346. The number of alkyl halides is 3. The number of aryl methyl sites for hydroxylation is 1. The van der Waals surface area contributed by atoms with Gasteiger partial charge in [-0.25, -0.2) is 4.98 Å². The maximum Gasteiger partial charge on any atom is 0.416 e. The van der Waals surface area contributed by atoms with E-state index in [1.807, 2.05) is 31.2 Å². The van der Waals surface area contributed by atoms with Gasteiger partial charge in [0.25, 0.3) is 5.56 Å². The summed E-state index contributed by atoms with van der Waals surface area (Å²) in [7, 11) is 0. The number of hydrogen-bond donors (Lipinski definition) is 1. The first kappa shape index (κ1) is 25.8. The van der Waals surface area contributed by atoms with Crippen molar-refractivity contribution in [1.29, 1.82) is 0 Å². The van der Waals surface area contributed by atoms with Crippen molar-refractivity contribution in [3.63, 3.8) is 0 Å². The van der Waals surface area contributed by atoms with Crippen molar-refractivity contribution < 1.29 is 22.7 Å². The smallest absolute Gasteiger partial charge is 0.416 e. The lowest BCUT2D eigenvalue weighted by Crippen LogP contribution is -2.32. The van der Waals surface area contributed by atoms with Gasteiger partial charge in [-0.1, -0.05) is 42.8 Å². The number of halogens is 4. The van der Waals surface area contributed by atoms with E-state index >= 15 is 0 Å². The van der Waals surface area contributed by atoms with Crippen LogP contribution in [0.3, 0.4) is 0 Å². The van der Waals surface area contributed by atoms with Crippen molar-refractivity contribution in [3.05, 3.63) is 80.2 Å². The highest BCUT2D eigenvalue weighted by Gasteiger charge is 2.36. The van der Waals surface area contributed by atoms with Crippen LogP contribution in [0.25, 0.3) is 11.4 Å². The molecule has 1 heterocycles. The first-order chi connectivity index (χ1) is 17.0. The third-order valence-corrected chi connectivity index (χ3v) is 6.55. The summed E-state index contributed by atoms with van der Waals surface area (Å²) in [6.07, 6.45) is -4.18. The third-order valence-electron chi connectivity index (χ3n) is 6.23. The molecular formula is C26H25ClF3N3O3. The van der Waals surface area contributed by atoms with Crippen molar-refractivity contribution in [2.75, 3.05) is 5.32 Å². The summed E-state index contributed by atoms with van der Waals surface area (Å²) in [5.74, 6) is -0.237. The summed E-state index contributed by atoms with van der Waals surface area (Å²) in [5.41, 5.74) is 1.58. The molecule has 36 heavy (non-hydrogen) atoms. The van der Waals surface area contributed by atoms with Crippen molar-refractivity contribution >= 4 is 23.3 Å². The van der Waals surface area contributed by atoms with Gasteiger partial charge in [0, 0.05) is 25.5 Å². The van der Waals surface area contributed by atoms with Gasteiger partial charge in [-0.15, -0.1) is 0 Å². The number of anilines is 1. The van der Waals surface area contributed by atoms with Crippen molar-refractivity contribution in [2.45, 2.75) is 58.5 Å². The molecule has 0 amide bonds. The van der Waals surface area contributed by atoms with Crippen LogP contribution >= 0.6 is 11.6 Å². The summed E-state index contributed by atoms with van der Waals surface area (Å²) in [4.78, 5) is 30.1. The van der Waals surface area contributed by atoms with Crippen LogP contribution in [0.2, 0.25) is 5.02 Å². The largest absolute Gasteiger partial charge is 0.460 e. The normalized spacial score (nSPS) is 17.1. The number of hydrogen-bond acceptors (Lipinski definition) is 5. The number of benzene rings is 2. The molecule has 10 heteroatoms. The zero-order valence-electron chi connectivity index (χ0n) is 19.9. The van der Waals surface area contributed by atoms with E-state index in [0.29, 0.717) is 18.5 Å².